The van der Waals surface area contributed by atoms with Gasteiger partial charge in [0.2, 0.25) is 5.91 Å². The van der Waals surface area contributed by atoms with Gasteiger partial charge in [0.1, 0.15) is 6.33 Å². The van der Waals surface area contributed by atoms with Gasteiger partial charge < -0.3 is 5.32 Å². The van der Waals surface area contributed by atoms with Gasteiger partial charge in [-0.25, -0.2) is 4.68 Å². The monoisotopic (exact) mass is 313 g/mol. The Morgan fingerprint density at radius 1 is 1.09 bits per heavy atom. The number of tetrazole rings is 1. The van der Waals surface area contributed by atoms with Gasteiger partial charge in [0.25, 0.3) is 0 Å². The molecule has 1 fully saturated rings. The van der Waals surface area contributed by atoms with Crippen molar-refractivity contribution >= 4 is 5.91 Å². The van der Waals surface area contributed by atoms with Gasteiger partial charge in [-0.15, -0.1) is 5.10 Å². The minimum atomic E-state index is 0.116. The first-order valence-electron chi connectivity index (χ1n) is 8.43. The molecule has 0 radical (unpaired) electrons. The van der Waals surface area contributed by atoms with Gasteiger partial charge in [0, 0.05) is 6.04 Å². The van der Waals surface area contributed by atoms with Crippen molar-refractivity contribution in [1.82, 2.24) is 25.5 Å². The normalized spacial score (nSPS) is 16.5. The second-order valence-electron chi connectivity index (χ2n) is 6.21. The number of hydrogen-bond donors (Lipinski definition) is 1. The van der Waals surface area contributed by atoms with Crippen molar-refractivity contribution in [2.75, 3.05) is 0 Å². The fraction of sp³-hybridized carbons (Fsp3) is 0.529. The highest BCUT2D eigenvalue weighted by Crippen LogP contribution is 2.17. The van der Waals surface area contributed by atoms with Crippen LogP contribution in [0, 0.1) is 0 Å². The Morgan fingerprint density at radius 3 is 2.43 bits per heavy atom. The summed E-state index contributed by atoms with van der Waals surface area (Å²) in [6, 6.07) is 8.11. The number of nitrogens with zero attached hydrogens (tertiary/aromatic N) is 4. The van der Waals surface area contributed by atoms with Crippen LogP contribution >= 0.6 is 0 Å². The molecule has 0 aliphatic heterocycles. The molecule has 1 aromatic carbocycles. The van der Waals surface area contributed by atoms with E-state index in [4.69, 9.17) is 0 Å². The largest absolute Gasteiger partial charge is 0.353 e. The van der Waals surface area contributed by atoms with E-state index in [9.17, 15) is 4.79 Å². The maximum atomic E-state index is 12.2. The molecule has 1 saturated carbocycles. The zero-order valence-corrected chi connectivity index (χ0v) is 13.3. The Bertz CT molecular complexity index is 600. The van der Waals surface area contributed by atoms with Crippen LogP contribution in [0.1, 0.15) is 50.5 Å². The van der Waals surface area contributed by atoms with E-state index in [-0.39, 0.29) is 5.91 Å². The lowest BCUT2D eigenvalue weighted by Gasteiger charge is -2.21. The van der Waals surface area contributed by atoms with Crippen molar-refractivity contribution in [3.05, 3.63) is 36.2 Å². The first kappa shape index (κ1) is 15.6. The quantitative estimate of drug-likeness (QED) is 0.941. The Hall–Kier alpha value is -2.24. The number of amides is 1. The standard InChI is InChI=1S/C17H23N5O/c23-17(19-15-6-4-2-1-3-5-7-15)12-14-8-10-16(11-9-14)22-13-18-20-21-22/h8-11,13,15H,1-7,12H2,(H,19,23). The molecule has 1 heterocycles. The molecule has 23 heavy (non-hydrogen) atoms. The summed E-state index contributed by atoms with van der Waals surface area (Å²) in [5.74, 6) is 0.116. The molecule has 1 aliphatic carbocycles. The molecule has 1 aliphatic rings. The Labute approximate surface area is 136 Å². The van der Waals surface area contributed by atoms with Crippen LogP contribution in [0.25, 0.3) is 5.69 Å². The molecular weight excluding hydrogens is 290 g/mol. The molecule has 2 aromatic rings. The molecule has 1 amide bonds. The van der Waals surface area contributed by atoms with Gasteiger partial charge >= 0.3 is 0 Å². The number of benzene rings is 1. The van der Waals surface area contributed by atoms with Crippen molar-refractivity contribution in [2.24, 2.45) is 0 Å². The molecule has 6 nitrogen and oxygen atoms in total. The van der Waals surface area contributed by atoms with Crippen LogP contribution in [0.15, 0.2) is 30.6 Å². The van der Waals surface area contributed by atoms with Crippen LogP contribution in [0.4, 0.5) is 0 Å². The highest BCUT2D eigenvalue weighted by molar-refractivity contribution is 5.78. The first-order valence-corrected chi connectivity index (χ1v) is 8.43. The lowest BCUT2D eigenvalue weighted by Crippen LogP contribution is -2.36. The van der Waals surface area contributed by atoms with Gasteiger partial charge in [-0.1, -0.05) is 44.2 Å². The first-order chi connectivity index (χ1) is 11.3. The van der Waals surface area contributed by atoms with E-state index in [1.165, 1.54) is 32.1 Å². The number of carbonyl (C=O) groups excluding carboxylic acids is 1. The van der Waals surface area contributed by atoms with Gasteiger partial charge in [0.05, 0.1) is 12.1 Å². The number of aromatic nitrogens is 4. The van der Waals surface area contributed by atoms with Crippen molar-refractivity contribution in [3.63, 3.8) is 0 Å². The van der Waals surface area contributed by atoms with Gasteiger partial charge in [-0.3, -0.25) is 4.79 Å². The van der Waals surface area contributed by atoms with Crippen LogP contribution in [-0.4, -0.2) is 32.2 Å². The number of carbonyl (C=O) groups is 1. The maximum absolute atomic E-state index is 12.2. The molecule has 1 aromatic heterocycles. The van der Waals surface area contributed by atoms with E-state index in [2.05, 4.69) is 20.8 Å². The molecule has 3 rings (SSSR count). The molecule has 0 spiro atoms. The van der Waals surface area contributed by atoms with E-state index in [1.807, 2.05) is 24.3 Å². The summed E-state index contributed by atoms with van der Waals surface area (Å²) in [5, 5.41) is 14.3. The summed E-state index contributed by atoms with van der Waals surface area (Å²) in [5.41, 5.74) is 1.89. The summed E-state index contributed by atoms with van der Waals surface area (Å²) in [6.45, 7) is 0. The Morgan fingerprint density at radius 2 is 1.78 bits per heavy atom. The molecule has 0 atom stereocenters. The van der Waals surface area contributed by atoms with Gasteiger partial charge in [0.15, 0.2) is 0 Å². The van der Waals surface area contributed by atoms with Gasteiger partial charge in [-0.05, 0) is 41.0 Å². The van der Waals surface area contributed by atoms with Crippen molar-refractivity contribution < 1.29 is 4.79 Å². The van der Waals surface area contributed by atoms with Crippen LogP contribution in [-0.2, 0) is 11.2 Å². The lowest BCUT2D eigenvalue weighted by molar-refractivity contribution is -0.121. The smallest absolute Gasteiger partial charge is 0.224 e. The molecular formula is C17H23N5O. The van der Waals surface area contributed by atoms with Gasteiger partial charge in [-0.2, -0.15) is 0 Å². The molecule has 1 N–H and O–H groups in total. The molecule has 0 bridgehead atoms. The second kappa shape index (κ2) is 7.85. The summed E-state index contributed by atoms with van der Waals surface area (Å²) >= 11 is 0. The minimum absolute atomic E-state index is 0.116. The molecule has 0 saturated heterocycles. The van der Waals surface area contributed by atoms with Crippen LogP contribution < -0.4 is 5.32 Å². The highest BCUT2D eigenvalue weighted by Gasteiger charge is 2.14. The molecule has 6 heteroatoms. The van der Waals surface area contributed by atoms with E-state index >= 15 is 0 Å². The van der Waals surface area contributed by atoms with E-state index in [0.29, 0.717) is 12.5 Å². The van der Waals surface area contributed by atoms with Crippen molar-refractivity contribution in [3.8, 4) is 5.69 Å². The van der Waals surface area contributed by atoms with E-state index in [0.717, 1.165) is 24.1 Å². The summed E-state index contributed by atoms with van der Waals surface area (Å²) in [4.78, 5) is 12.2. The Kier molecular flexibility index (Phi) is 5.34. The average molecular weight is 313 g/mol. The average Bonchev–Trinajstić information content (AvgIpc) is 3.05. The SMILES string of the molecule is O=C(Cc1ccc(-n2cnnn2)cc1)NC1CCCCCCC1. The summed E-state index contributed by atoms with van der Waals surface area (Å²) in [6.07, 6.45) is 10.6. The molecule has 0 unspecified atom stereocenters. The third-order valence-corrected chi connectivity index (χ3v) is 4.38. The van der Waals surface area contributed by atoms with Crippen LogP contribution in [0.2, 0.25) is 0 Å². The zero-order valence-electron chi connectivity index (χ0n) is 13.3. The van der Waals surface area contributed by atoms with E-state index in [1.54, 1.807) is 11.0 Å². The van der Waals surface area contributed by atoms with E-state index < -0.39 is 0 Å². The second-order valence-corrected chi connectivity index (χ2v) is 6.21. The Balaban J connectivity index is 1.53. The summed E-state index contributed by atoms with van der Waals surface area (Å²) in [7, 11) is 0. The maximum Gasteiger partial charge on any atom is 0.224 e. The number of nitrogens with one attached hydrogen (secondary N) is 1. The van der Waals surface area contributed by atoms with Crippen molar-refractivity contribution in [1.29, 1.82) is 0 Å². The fourth-order valence-electron chi connectivity index (χ4n) is 3.11. The molecule has 122 valence electrons. The zero-order chi connectivity index (χ0) is 15.9. The number of rotatable bonds is 4. The lowest BCUT2D eigenvalue weighted by atomic mass is 9.96. The third-order valence-electron chi connectivity index (χ3n) is 4.38. The topological polar surface area (TPSA) is 72.7 Å². The van der Waals surface area contributed by atoms with Crippen LogP contribution in [0.5, 0.6) is 0 Å². The van der Waals surface area contributed by atoms with Crippen molar-refractivity contribution in [2.45, 2.75) is 57.4 Å². The fourth-order valence-corrected chi connectivity index (χ4v) is 3.11. The highest BCUT2D eigenvalue weighted by atomic mass is 16.1. The minimum Gasteiger partial charge on any atom is -0.353 e. The third kappa shape index (κ3) is 4.61. The summed E-state index contributed by atoms with van der Waals surface area (Å²) < 4.78 is 1.60. The van der Waals surface area contributed by atoms with Crippen LogP contribution in [0.3, 0.4) is 0 Å². The number of hydrogen-bond acceptors (Lipinski definition) is 4. The predicted octanol–water partition coefficient (Wildman–Crippen LogP) is 2.43. The predicted molar refractivity (Wildman–Crippen MR) is 87.1 cm³/mol.